The molecular formula is C16H26N4OS. The number of hydrogen-bond donors (Lipinski definition) is 0. The maximum atomic E-state index is 5.74. The van der Waals surface area contributed by atoms with E-state index in [9.17, 15) is 0 Å². The van der Waals surface area contributed by atoms with Crippen molar-refractivity contribution in [3.8, 4) is 0 Å². The molecule has 122 valence electrons. The highest BCUT2D eigenvalue weighted by atomic mass is 32.2. The second-order valence-electron chi connectivity index (χ2n) is 7.00. The Hall–Kier alpha value is -0.750. The van der Waals surface area contributed by atoms with E-state index in [1.54, 1.807) is 0 Å². The lowest BCUT2D eigenvalue weighted by atomic mass is 10.00. The first-order chi connectivity index (χ1) is 10.8. The van der Waals surface area contributed by atoms with Gasteiger partial charge >= 0.3 is 0 Å². The quantitative estimate of drug-likeness (QED) is 0.779. The van der Waals surface area contributed by atoms with E-state index >= 15 is 0 Å². The minimum atomic E-state index is 0.411. The van der Waals surface area contributed by atoms with Gasteiger partial charge in [0.05, 0.1) is 6.10 Å². The second kappa shape index (κ2) is 6.40. The van der Waals surface area contributed by atoms with Crippen LogP contribution in [0.2, 0.25) is 0 Å². The topological polar surface area (TPSA) is 43.2 Å². The summed E-state index contributed by atoms with van der Waals surface area (Å²) in [5, 5.41) is 10.2. The summed E-state index contributed by atoms with van der Waals surface area (Å²) < 4.78 is 8.15. The molecule has 0 N–H and O–H groups in total. The van der Waals surface area contributed by atoms with E-state index in [4.69, 9.17) is 4.74 Å². The van der Waals surface area contributed by atoms with Crippen LogP contribution in [0.1, 0.15) is 51.5 Å². The summed E-state index contributed by atoms with van der Waals surface area (Å²) in [6, 6.07) is 0.636. The van der Waals surface area contributed by atoms with Crippen molar-refractivity contribution >= 4 is 17.7 Å². The predicted molar refractivity (Wildman–Crippen MR) is 88.6 cm³/mol. The zero-order chi connectivity index (χ0) is 14.9. The zero-order valence-corrected chi connectivity index (χ0v) is 14.2. The summed E-state index contributed by atoms with van der Waals surface area (Å²) in [7, 11) is 0. The molecule has 3 aliphatic rings. The van der Waals surface area contributed by atoms with Gasteiger partial charge in [0.25, 0.3) is 0 Å². The molecule has 0 bridgehead atoms. The molecule has 4 rings (SSSR count). The van der Waals surface area contributed by atoms with Gasteiger partial charge in [0.15, 0.2) is 5.16 Å². The second-order valence-corrected chi connectivity index (χ2v) is 7.99. The Labute approximate surface area is 136 Å². The van der Waals surface area contributed by atoms with E-state index in [1.165, 1.54) is 38.5 Å². The molecule has 2 saturated heterocycles. The van der Waals surface area contributed by atoms with E-state index in [2.05, 4.69) is 26.6 Å². The number of piperidine rings is 1. The highest BCUT2D eigenvalue weighted by Gasteiger charge is 2.32. The van der Waals surface area contributed by atoms with Gasteiger partial charge in [-0.05, 0) is 44.4 Å². The summed E-state index contributed by atoms with van der Waals surface area (Å²) in [5.74, 6) is 2.98. The monoisotopic (exact) mass is 322 g/mol. The van der Waals surface area contributed by atoms with E-state index in [-0.39, 0.29) is 0 Å². The average molecular weight is 322 g/mol. The molecule has 5 nitrogen and oxygen atoms in total. The lowest BCUT2D eigenvalue weighted by Gasteiger charge is -2.31. The van der Waals surface area contributed by atoms with Crippen LogP contribution in [-0.4, -0.2) is 46.3 Å². The average Bonchev–Trinajstić information content (AvgIpc) is 3.08. The third-order valence-corrected chi connectivity index (χ3v) is 6.12. The van der Waals surface area contributed by atoms with Crippen LogP contribution in [0.25, 0.3) is 0 Å². The van der Waals surface area contributed by atoms with Crippen LogP contribution in [-0.2, 0) is 4.74 Å². The van der Waals surface area contributed by atoms with Gasteiger partial charge in [-0.3, -0.25) is 4.57 Å². The SMILES string of the molecule is CC1CCN(c2nnc(SCC3CCCO3)n2C2CC2)CC1. The Kier molecular flexibility index (Phi) is 4.31. The van der Waals surface area contributed by atoms with Crippen molar-refractivity contribution in [3.05, 3.63) is 0 Å². The minimum Gasteiger partial charge on any atom is -0.377 e. The van der Waals surface area contributed by atoms with E-state index in [1.807, 2.05) is 11.8 Å². The Balaban J connectivity index is 1.47. The van der Waals surface area contributed by atoms with Crippen LogP contribution < -0.4 is 4.90 Å². The summed E-state index contributed by atoms with van der Waals surface area (Å²) in [6.07, 6.45) is 7.92. The first-order valence-electron chi connectivity index (χ1n) is 8.75. The molecule has 2 aliphatic heterocycles. The number of aromatic nitrogens is 3. The van der Waals surface area contributed by atoms with Crippen molar-refractivity contribution in [1.82, 2.24) is 14.8 Å². The van der Waals surface area contributed by atoms with Crippen LogP contribution in [0.5, 0.6) is 0 Å². The molecule has 1 atom stereocenters. The third kappa shape index (κ3) is 3.13. The Bertz CT molecular complexity index is 502. The zero-order valence-electron chi connectivity index (χ0n) is 13.4. The molecule has 3 heterocycles. The molecular weight excluding hydrogens is 296 g/mol. The van der Waals surface area contributed by atoms with Gasteiger partial charge in [0, 0.05) is 31.5 Å². The molecule has 1 saturated carbocycles. The van der Waals surface area contributed by atoms with Crippen molar-refractivity contribution in [2.45, 2.75) is 62.8 Å². The first-order valence-corrected chi connectivity index (χ1v) is 9.74. The Morgan fingerprint density at radius 3 is 2.64 bits per heavy atom. The molecule has 1 aliphatic carbocycles. The van der Waals surface area contributed by atoms with Gasteiger partial charge in [-0.2, -0.15) is 0 Å². The molecule has 1 unspecified atom stereocenters. The van der Waals surface area contributed by atoms with E-state index in [0.29, 0.717) is 12.1 Å². The molecule has 1 aromatic rings. The summed E-state index contributed by atoms with van der Waals surface area (Å²) in [4.78, 5) is 2.45. The molecule has 6 heteroatoms. The lowest BCUT2D eigenvalue weighted by molar-refractivity contribution is 0.129. The molecule has 3 fully saturated rings. The number of anilines is 1. The van der Waals surface area contributed by atoms with E-state index in [0.717, 1.165) is 42.5 Å². The van der Waals surface area contributed by atoms with Gasteiger partial charge in [-0.15, -0.1) is 10.2 Å². The predicted octanol–water partition coefficient (Wildman–Crippen LogP) is 3.12. The first kappa shape index (κ1) is 14.8. The van der Waals surface area contributed by atoms with Gasteiger partial charge in [0.2, 0.25) is 5.95 Å². The van der Waals surface area contributed by atoms with Crippen molar-refractivity contribution < 1.29 is 4.74 Å². The fourth-order valence-electron chi connectivity index (χ4n) is 3.39. The lowest BCUT2D eigenvalue weighted by Crippen LogP contribution is -2.34. The number of hydrogen-bond acceptors (Lipinski definition) is 5. The van der Waals surface area contributed by atoms with Crippen LogP contribution in [0.4, 0.5) is 5.95 Å². The number of nitrogens with zero attached hydrogens (tertiary/aromatic N) is 4. The Morgan fingerprint density at radius 2 is 1.95 bits per heavy atom. The maximum Gasteiger partial charge on any atom is 0.228 e. The van der Waals surface area contributed by atoms with E-state index < -0.39 is 0 Å². The smallest absolute Gasteiger partial charge is 0.228 e. The fourth-order valence-corrected chi connectivity index (χ4v) is 4.45. The van der Waals surface area contributed by atoms with Crippen molar-refractivity contribution in [1.29, 1.82) is 0 Å². The standard InChI is InChI=1S/C16H26N4OS/c1-12-6-8-19(9-7-12)15-17-18-16(20(15)13-4-5-13)22-11-14-3-2-10-21-14/h12-14H,2-11H2,1H3. The highest BCUT2D eigenvalue weighted by molar-refractivity contribution is 7.99. The summed E-state index contributed by atoms with van der Waals surface area (Å²) in [5.41, 5.74) is 0. The van der Waals surface area contributed by atoms with Crippen molar-refractivity contribution in [3.63, 3.8) is 0 Å². The summed E-state index contributed by atoms with van der Waals surface area (Å²) in [6.45, 7) is 5.54. The van der Waals surface area contributed by atoms with Crippen LogP contribution in [0.3, 0.4) is 0 Å². The van der Waals surface area contributed by atoms with Gasteiger partial charge in [-0.1, -0.05) is 18.7 Å². The third-order valence-electron chi connectivity index (χ3n) is 5.05. The molecule has 0 spiro atoms. The van der Waals surface area contributed by atoms with Crippen molar-refractivity contribution in [2.24, 2.45) is 5.92 Å². The number of rotatable bonds is 5. The molecule has 1 aromatic heterocycles. The van der Waals surface area contributed by atoms with Crippen LogP contribution in [0, 0.1) is 5.92 Å². The van der Waals surface area contributed by atoms with Gasteiger partial charge in [-0.25, -0.2) is 0 Å². The number of ether oxygens (including phenoxy) is 1. The van der Waals surface area contributed by atoms with Crippen LogP contribution in [0.15, 0.2) is 5.16 Å². The maximum absolute atomic E-state index is 5.74. The molecule has 0 aromatic carbocycles. The molecule has 0 radical (unpaired) electrons. The minimum absolute atomic E-state index is 0.411. The largest absolute Gasteiger partial charge is 0.377 e. The molecule has 22 heavy (non-hydrogen) atoms. The fraction of sp³-hybridized carbons (Fsp3) is 0.875. The Morgan fingerprint density at radius 1 is 1.14 bits per heavy atom. The highest BCUT2D eigenvalue weighted by Crippen LogP contribution is 2.41. The normalized spacial score (nSPS) is 26.8. The van der Waals surface area contributed by atoms with Crippen molar-refractivity contribution in [2.75, 3.05) is 30.3 Å². The number of thioether (sulfide) groups is 1. The van der Waals surface area contributed by atoms with Gasteiger partial charge in [0.1, 0.15) is 0 Å². The molecule has 0 amide bonds. The van der Waals surface area contributed by atoms with Crippen LogP contribution >= 0.6 is 11.8 Å². The summed E-state index contributed by atoms with van der Waals surface area (Å²) >= 11 is 1.84. The van der Waals surface area contributed by atoms with Gasteiger partial charge < -0.3 is 9.64 Å².